The Balaban J connectivity index is 2.12. The Bertz CT molecular complexity index is 403. The molecule has 0 bridgehead atoms. The largest absolute Gasteiger partial charge is 0.454 e. The number of amides is 1. The highest BCUT2D eigenvalue weighted by molar-refractivity contribution is 5.76. The maximum absolute atomic E-state index is 11.3. The van der Waals surface area contributed by atoms with Gasteiger partial charge in [0.2, 0.25) is 12.7 Å². The van der Waals surface area contributed by atoms with Gasteiger partial charge in [-0.05, 0) is 23.6 Å². The van der Waals surface area contributed by atoms with E-state index in [1.165, 1.54) is 0 Å². The second kappa shape index (κ2) is 4.43. The van der Waals surface area contributed by atoms with Gasteiger partial charge in [0, 0.05) is 13.5 Å². The van der Waals surface area contributed by atoms with E-state index in [1.54, 1.807) is 7.05 Å². The van der Waals surface area contributed by atoms with E-state index in [0.29, 0.717) is 6.42 Å². The van der Waals surface area contributed by atoms with Gasteiger partial charge in [-0.3, -0.25) is 4.79 Å². The highest BCUT2D eigenvalue weighted by Crippen LogP contribution is 2.35. The number of carbonyl (C=O) groups is 1. The van der Waals surface area contributed by atoms with Gasteiger partial charge in [0.1, 0.15) is 0 Å². The third-order valence-corrected chi connectivity index (χ3v) is 2.74. The molecule has 0 saturated heterocycles. The molecule has 1 aliphatic rings. The van der Waals surface area contributed by atoms with Gasteiger partial charge in [-0.15, -0.1) is 0 Å². The van der Waals surface area contributed by atoms with Crippen LogP contribution in [-0.2, 0) is 4.79 Å². The zero-order valence-corrected chi connectivity index (χ0v) is 9.45. The summed E-state index contributed by atoms with van der Waals surface area (Å²) in [5.41, 5.74) is 1.09. The van der Waals surface area contributed by atoms with E-state index in [4.69, 9.17) is 9.47 Å². The van der Waals surface area contributed by atoms with Crippen LogP contribution < -0.4 is 14.8 Å². The molecule has 1 N–H and O–H groups in total. The highest BCUT2D eigenvalue weighted by Gasteiger charge is 2.16. The smallest absolute Gasteiger partial charge is 0.231 e. The summed E-state index contributed by atoms with van der Waals surface area (Å²) in [6.45, 7) is 2.30. The second-order valence-electron chi connectivity index (χ2n) is 3.89. The van der Waals surface area contributed by atoms with Crippen molar-refractivity contribution in [2.75, 3.05) is 13.8 Å². The molecule has 1 amide bonds. The monoisotopic (exact) mass is 221 g/mol. The van der Waals surface area contributed by atoms with E-state index < -0.39 is 0 Å². The number of carbonyl (C=O) groups excluding carboxylic acids is 1. The lowest BCUT2D eigenvalue weighted by Crippen LogP contribution is -2.19. The molecule has 4 heteroatoms. The van der Waals surface area contributed by atoms with Crippen LogP contribution in [0.1, 0.15) is 24.8 Å². The van der Waals surface area contributed by atoms with Gasteiger partial charge in [0.15, 0.2) is 11.5 Å². The fourth-order valence-corrected chi connectivity index (χ4v) is 1.72. The predicted molar refractivity (Wildman–Crippen MR) is 59.7 cm³/mol. The molecule has 1 aromatic carbocycles. The van der Waals surface area contributed by atoms with Crippen LogP contribution in [0.2, 0.25) is 0 Å². The van der Waals surface area contributed by atoms with E-state index in [2.05, 4.69) is 5.32 Å². The van der Waals surface area contributed by atoms with Gasteiger partial charge >= 0.3 is 0 Å². The number of hydrogen-bond donors (Lipinski definition) is 1. The van der Waals surface area contributed by atoms with Crippen LogP contribution in [0.3, 0.4) is 0 Å². The maximum atomic E-state index is 11.3. The molecule has 1 unspecified atom stereocenters. The third kappa shape index (κ3) is 2.10. The summed E-state index contributed by atoms with van der Waals surface area (Å²) >= 11 is 0. The molecule has 86 valence electrons. The molecule has 16 heavy (non-hydrogen) atoms. The van der Waals surface area contributed by atoms with Crippen molar-refractivity contribution in [2.45, 2.75) is 19.3 Å². The lowest BCUT2D eigenvalue weighted by atomic mass is 9.97. The minimum atomic E-state index is 0.0465. The standard InChI is InChI=1S/C12H15NO3/c1-8(5-12(14)13-2)9-3-4-10-11(6-9)16-7-15-10/h3-4,6,8H,5,7H2,1-2H3,(H,13,14). The molecule has 1 atom stereocenters. The molecule has 0 spiro atoms. The molecule has 0 aromatic heterocycles. The Morgan fingerprint density at radius 3 is 2.94 bits per heavy atom. The summed E-state index contributed by atoms with van der Waals surface area (Å²) in [7, 11) is 1.65. The Morgan fingerprint density at radius 1 is 1.44 bits per heavy atom. The van der Waals surface area contributed by atoms with Crippen molar-refractivity contribution < 1.29 is 14.3 Å². The first-order valence-corrected chi connectivity index (χ1v) is 5.31. The zero-order valence-electron chi connectivity index (χ0n) is 9.45. The van der Waals surface area contributed by atoms with Crippen molar-refractivity contribution >= 4 is 5.91 Å². The Labute approximate surface area is 94.6 Å². The van der Waals surface area contributed by atoms with Gasteiger partial charge in [0.05, 0.1) is 0 Å². The van der Waals surface area contributed by atoms with Crippen LogP contribution >= 0.6 is 0 Å². The fourth-order valence-electron chi connectivity index (χ4n) is 1.72. The van der Waals surface area contributed by atoms with E-state index in [-0.39, 0.29) is 18.6 Å². The molecule has 0 fully saturated rings. The summed E-state index contributed by atoms with van der Waals surface area (Å²) in [5.74, 6) is 1.76. The molecule has 1 aromatic rings. The van der Waals surface area contributed by atoms with E-state index in [9.17, 15) is 4.79 Å². The van der Waals surface area contributed by atoms with Gasteiger partial charge in [-0.2, -0.15) is 0 Å². The van der Waals surface area contributed by atoms with Gasteiger partial charge in [0.25, 0.3) is 0 Å². The number of hydrogen-bond acceptors (Lipinski definition) is 3. The third-order valence-electron chi connectivity index (χ3n) is 2.74. The summed E-state index contributed by atoms with van der Waals surface area (Å²) in [6.07, 6.45) is 0.482. The number of rotatable bonds is 3. The van der Waals surface area contributed by atoms with Gasteiger partial charge in [-0.1, -0.05) is 13.0 Å². The molecule has 0 saturated carbocycles. The van der Waals surface area contributed by atoms with Gasteiger partial charge < -0.3 is 14.8 Å². The number of nitrogens with one attached hydrogen (secondary N) is 1. The summed E-state index contributed by atoms with van der Waals surface area (Å²) in [6, 6.07) is 5.80. The van der Waals surface area contributed by atoms with Crippen LogP contribution in [0.5, 0.6) is 11.5 Å². The van der Waals surface area contributed by atoms with E-state index >= 15 is 0 Å². The van der Waals surface area contributed by atoms with Crippen molar-refractivity contribution in [3.05, 3.63) is 23.8 Å². The first-order valence-electron chi connectivity index (χ1n) is 5.31. The minimum absolute atomic E-state index is 0.0465. The highest BCUT2D eigenvalue weighted by atomic mass is 16.7. The normalized spacial score (nSPS) is 14.6. The SMILES string of the molecule is CNC(=O)CC(C)c1ccc2c(c1)OCO2. The molecule has 1 heterocycles. The van der Waals surface area contributed by atoms with Crippen LogP contribution in [-0.4, -0.2) is 19.7 Å². The van der Waals surface area contributed by atoms with Crippen LogP contribution in [0.25, 0.3) is 0 Å². The lowest BCUT2D eigenvalue weighted by molar-refractivity contribution is -0.120. The Morgan fingerprint density at radius 2 is 2.19 bits per heavy atom. The quantitative estimate of drug-likeness (QED) is 0.844. The molecule has 4 nitrogen and oxygen atoms in total. The van der Waals surface area contributed by atoms with Crippen molar-refractivity contribution in [1.29, 1.82) is 0 Å². The fraction of sp³-hybridized carbons (Fsp3) is 0.417. The topological polar surface area (TPSA) is 47.6 Å². The maximum Gasteiger partial charge on any atom is 0.231 e. The minimum Gasteiger partial charge on any atom is -0.454 e. The van der Waals surface area contributed by atoms with Crippen molar-refractivity contribution in [3.8, 4) is 11.5 Å². The van der Waals surface area contributed by atoms with Crippen LogP contribution in [0.4, 0.5) is 0 Å². The molecule has 0 radical (unpaired) electrons. The average Bonchev–Trinajstić information content (AvgIpc) is 2.75. The summed E-state index contributed by atoms with van der Waals surface area (Å²) in [5, 5.41) is 2.62. The van der Waals surface area contributed by atoms with E-state index in [0.717, 1.165) is 17.1 Å². The van der Waals surface area contributed by atoms with Crippen molar-refractivity contribution in [1.82, 2.24) is 5.32 Å². The molecule has 0 aliphatic carbocycles. The number of benzene rings is 1. The molecule has 1 aliphatic heterocycles. The van der Waals surface area contributed by atoms with Crippen molar-refractivity contribution in [3.63, 3.8) is 0 Å². The average molecular weight is 221 g/mol. The Kier molecular flexibility index (Phi) is 2.99. The first-order chi connectivity index (χ1) is 7.70. The van der Waals surface area contributed by atoms with Crippen molar-refractivity contribution in [2.24, 2.45) is 0 Å². The lowest BCUT2D eigenvalue weighted by Gasteiger charge is -2.11. The summed E-state index contributed by atoms with van der Waals surface area (Å²) in [4.78, 5) is 11.3. The number of fused-ring (bicyclic) bond motifs is 1. The Hall–Kier alpha value is -1.71. The predicted octanol–water partition coefficient (Wildman–Crippen LogP) is 1.65. The zero-order chi connectivity index (χ0) is 11.5. The first kappa shape index (κ1) is 10.8. The van der Waals surface area contributed by atoms with Crippen LogP contribution in [0, 0.1) is 0 Å². The molecule has 2 rings (SSSR count). The second-order valence-corrected chi connectivity index (χ2v) is 3.89. The summed E-state index contributed by atoms with van der Waals surface area (Å²) < 4.78 is 10.5. The van der Waals surface area contributed by atoms with Crippen LogP contribution in [0.15, 0.2) is 18.2 Å². The van der Waals surface area contributed by atoms with Gasteiger partial charge in [-0.25, -0.2) is 0 Å². The number of ether oxygens (including phenoxy) is 2. The molecular weight excluding hydrogens is 206 g/mol. The van der Waals surface area contributed by atoms with E-state index in [1.807, 2.05) is 25.1 Å². The molecular formula is C12H15NO3.